The van der Waals surface area contributed by atoms with Crippen LogP contribution < -0.4 is 0 Å². The van der Waals surface area contributed by atoms with E-state index in [2.05, 4.69) is 34.6 Å². The zero-order chi connectivity index (χ0) is 11.9. The summed E-state index contributed by atoms with van der Waals surface area (Å²) in [4.78, 5) is 0. The fraction of sp³-hybridized carbons (Fsp3) is 1.00. The fourth-order valence-corrected chi connectivity index (χ4v) is 1.87. The average Bonchev–Trinajstić information content (AvgIpc) is 2.16. The van der Waals surface area contributed by atoms with Gasteiger partial charge in [-0.3, -0.25) is 0 Å². The molecule has 92 valence electrons. The number of rotatable bonds is 7. The van der Waals surface area contributed by atoms with Gasteiger partial charge >= 0.3 is 0 Å². The maximum absolute atomic E-state index is 9.96. The molecule has 0 aliphatic rings. The first-order valence-corrected chi connectivity index (χ1v) is 6.59. The molecular formula is C14H30O. The second-order valence-corrected chi connectivity index (χ2v) is 5.88. The van der Waals surface area contributed by atoms with Crippen LogP contribution in [0.5, 0.6) is 0 Å². The number of unbranched alkanes of at least 4 members (excludes halogenated alkanes) is 1. The summed E-state index contributed by atoms with van der Waals surface area (Å²) in [5.74, 6) is 0.821. The topological polar surface area (TPSA) is 20.2 Å². The molecule has 0 aromatic rings. The van der Waals surface area contributed by atoms with Gasteiger partial charge in [0.15, 0.2) is 0 Å². The largest absolute Gasteiger partial charge is 0.393 e. The van der Waals surface area contributed by atoms with Crippen molar-refractivity contribution in [3.05, 3.63) is 0 Å². The lowest BCUT2D eigenvalue weighted by molar-refractivity contribution is 0.0492. The van der Waals surface area contributed by atoms with E-state index in [1.54, 1.807) is 0 Å². The van der Waals surface area contributed by atoms with Gasteiger partial charge in [0, 0.05) is 0 Å². The molecule has 0 aromatic heterocycles. The summed E-state index contributed by atoms with van der Waals surface area (Å²) in [6.45, 7) is 10.9. The molecule has 2 unspecified atom stereocenters. The quantitative estimate of drug-likeness (QED) is 0.666. The Morgan fingerprint density at radius 1 is 1.00 bits per heavy atom. The van der Waals surface area contributed by atoms with Gasteiger partial charge in [0.05, 0.1) is 6.10 Å². The maximum atomic E-state index is 9.96. The van der Waals surface area contributed by atoms with Crippen molar-refractivity contribution in [1.82, 2.24) is 0 Å². The summed E-state index contributed by atoms with van der Waals surface area (Å²) in [5, 5.41) is 9.96. The van der Waals surface area contributed by atoms with Crippen molar-refractivity contribution in [1.29, 1.82) is 0 Å². The number of hydrogen-bond acceptors (Lipinski definition) is 1. The van der Waals surface area contributed by atoms with Crippen LogP contribution in [0.15, 0.2) is 0 Å². The van der Waals surface area contributed by atoms with E-state index in [1.807, 2.05) is 0 Å². The Balaban J connectivity index is 3.79. The molecule has 0 heterocycles. The molecule has 1 N–H and O–H groups in total. The van der Waals surface area contributed by atoms with E-state index in [-0.39, 0.29) is 11.5 Å². The molecule has 0 saturated carbocycles. The zero-order valence-electron chi connectivity index (χ0n) is 11.3. The summed E-state index contributed by atoms with van der Waals surface area (Å²) >= 11 is 0. The lowest BCUT2D eigenvalue weighted by Gasteiger charge is -2.27. The monoisotopic (exact) mass is 214 g/mol. The molecule has 0 aliphatic heterocycles. The predicted molar refractivity (Wildman–Crippen MR) is 68.0 cm³/mol. The molecule has 0 rings (SSSR count). The van der Waals surface area contributed by atoms with Gasteiger partial charge in [0.1, 0.15) is 0 Å². The van der Waals surface area contributed by atoms with Crippen molar-refractivity contribution in [3.63, 3.8) is 0 Å². The van der Waals surface area contributed by atoms with Crippen LogP contribution in [0, 0.1) is 11.3 Å². The van der Waals surface area contributed by atoms with Crippen LogP contribution >= 0.6 is 0 Å². The van der Waals surface area contributed by atoms with Crippen LogP contribution in [0.3, 0.4) is 0 Å². The second-order valence-electron chi connectivity index (χ2n) is 5.88. The summed E-state index contributed by atoms with van der Waals surface area (Å²) in [6.07, 6.45) is 7.23. The highest BCUT2D eigenvalue weighted by atomic mass is 16.3. The van der Waals surface area contributed by atoms with Crippen LogP contribution in [-0.4, -0.2) is 11.2 Å². The van der Waals surface area contributed by atoms with Gasteiger partial charge in [-0.15, -0.1) is 0 Å². The van der Waals surface area contributed by atoms with Crippen molar-refractivity contribution in [2.24, 2.45) is 11.3 Å². The van der Waals surface area contributed by atoms with Gasteiger partial charge in [-0.05, 0) is 24.2 Å². The van der Waals surface area contributed by atoms with Gasteiger partial charge in [-0.25, -0.2) is 0 Å². The molecule has 0 spiro atoms. The van der Waals surface area contributed by atoms with Crippen molar-refractivity contribution in [2.45, 2.75) is 79.2 Å². The van der Waals surface area contributed by atoms with E-state index in [1.165, 1.54) is 32.1 Å². The van der Waals surface area contributed by atoms with E-state index in [0.717, 1.165) is 12.3 Å². The molecule has 0 amide bonds. The first-order chi connectivity index (χ1) is 6.91. The molecule has 2 atom stereocenters. The van der Waals surface area contributed by atoms with Crippen LogP contribution in [-0.2, 0) is 0 Å². The molecule has 0 saturated heterocycles. The van der Waals surface area contributed by atoms with Gasteiger partial charge < -0.3 is 5.11 Å². The molecule has 0 bridgehead atoms. The number of aliphatic hydroxyl groups is 1. The van der Waals surface area contributed by atoms with Crippen molar-refractivity contribution < 1.29 is 5.11 Å². The lowest BCUT2D eigenvalue weighted by atomic mass is 9.83. The van der Waals surface area contributed by atoms with Gasteiger partial charge in [0.2, 0.25) is 0 Å². The van der Waals surface area contributed by atoms with Crippen molar-refractivity contribution in [3.8, 4) is 0 Å². The third kappa shape index (κ3) is 6.94. The second kappa shape index (κ2) is 7.27. The first-order valence-electron chi connectivity index (χ1n) is 6.59. The Labute approximate surface area is 96.3 Å². The summed E-state index contributed by atoms with van der Waals surface area (Å²) in [7, 11) is 0. The number of aliphatic hydroxyl groups excluding tert-OH is 1. The SMILES string of the molecule is CCCCC(CC)CCC(O)C(C)(C)C. The van der Waals surface area contributed by atoms with Gasteiger partial charge in [0.25, 0.3) is 0 Å². The van der Waals surface area contributed by atoms with Crippen molar-refractivity contribution >= 4 is 0 Å². The van der Waals surface area contributed by atoms with E-state index < -0.39 is 0 Å². The smallest absolute Gasteiger partial charge is 0.0588 e. The molecule has 1 heteroatoms. The van der Waals surface area contributed by atoms with Crippen LogP contribution in [0.4, 0.5) is 0 Å². The normalized spacial score (nSPS) is 16.4. The predicted octanol–water partition coefficient (Wildman–Crippen LogP) is 4.39. The zero-order valence-corrected chi connectivity index (χ0v) is 11.3. The minimum Gasteiger partial charge on any atom is -0.393 e. The van der Waals surface area contributed by atoms with Crippen LogP contribution in [0.2, 0.25) is 0 Å². The molecule has 0 fully saturated rings. The Bertz CT molecular complexity index is 146. The van der Waals surface area contributed by atoms with E-state index in [4.69, 9.17) is 0 Å². The highest BCUT2D eigenvalue weighted by molar-refractivity contribution is 4.73. The Kier molecular flexibility index (Phi) is 7.25. The Morgan fingerprint density at radius 2 is 1.60 bits per heavy atom. The number of hydrogen-bond donors (Lipinski definition) is 1. The van der Waals surface area contributed by atoms with Crippen LogP contribution in [0.1, 0.15) is 73.1 Å². The minimum atomic E-state index is -0.145. The summed E-state index contributed by atoms with van der Waals surface area (Å²) < 4.78 is 0. The van der Waals surface area contributed by atoms with Gasteiger partial charge in [-0.2, -0.15) is 0 Å². The Morgan fingerprint density at radius 3 is 2.00 bits per heavy atom. The third-order valence-electron chi connectivity index (χ3n) is 3.39. The first kappa shape index (κ1) is 15.0. The van der Waals surface area contributed by atoms with E-state index in [0.29, 0.717) is 0 Å². The average molecular weight is 214 g/mol. The van der Waals surface area contributed by atoms with Gasteiger partial charge in [-0.1, -0.05) is 60.3 Å². The van der Waals surface area contributed by atoms with E-state index in [9.17, 15) is 5.11 Å². The molecular weight excluding hydrogens is 184 g/mol. The highest BCUT2D eigenvalue weighted by Gasteiger charge is 2.22. The maximum Gasteiger partial charge on any atom is 0.0588 e. The molecule has 0 aromatic carbocycles. The van der Waals surface area contributed by atoms with Crippen molar-refractivity contribution in [2.75, 3.05) is 0 Å². The minimum absolute atomic E-state index is 0.0447. The lowest BCUT2D eigenvalue weighted by Crippen LogP contribution is -2.26. The molecule has 1 nitrogen and oxygen atoms in total. The highest BCUT2D eigenvalue weighted by Crippen LogP contribution is 2.26. The summed E-state index contributed by atoms with van der Waals surface area (Å²) in [6, 6.07) is 0. The third-order valence-corrected chi connectivity index (χ3v) is 3.39. The van der Waals surface area contributed by atoms with E-state index >= 15 is 0 Å². The molecule has 0 aliphatic carbocycles. The standard InChI is InChI=1S/C14H30O/c1-6-8-9-12(7-2)10-11-13(15)14(3,4)5/h12-13,15H,6-11H2,1-5H3. The summed E-state index contributed by atoms with van der Waals surface area (Å²) in [5.41, 5.74) is 0.0447. The Hall–Kier alpha value is -0.0400. The van der Waals surface area contributed by atoms with Crippen LogP contribution in [0.25, 0.3) is 0 Å². The fourth-order valence-electron chi connectivity index (χ4n) is 1.87. The molecule has 15 heavy (non-hydrogen) atoms. The molecule has 0 radical (unpaired) electrons.